The van der Waals surface area contributed by atoms with Crippen LogP contribution < -0.4 is 5.32 Å². The number of hydrogen-bond acceptors (Lipinski definition) is 1. The van der Waals surface area contributed by atoms with E-state index in [0.29, 0.717) is 5.92 Å². The van der Waals surface area contributed by atoms with E-state index in [1.165, 1.54) is 57.8 Å². The fourth-order valence-electron chi connectivity index (χ4n) is 3.25. The monoisotopic (exact) mass is 339 g/mol. The largest absolute Gasteiger partial charge is 0.356 e. The maximum atomic E-state index is 12.4. The van der Waals surface area contributed by atoms with Crippen molar-refractivity contribution in [2.75, 3.05) is 6.54 Å². The zero-order chi connectivity index (χ0) is 18.4. The average molecular weight is 340 g/mol. The Balaban J connectivity index is 3.66. The first-order valence-corrected chi connectivity index (χ1v) is 10.6. The fraction of sp³-hybridized carbons (Fsp3) is 0.955. The van der Waals surface area contributed by atoms with E-state index in [2.05, 4.69) is 46.9 Å². The molecule has 0 aromatic heterocycles. The van der Waals surface area contributed by atoms with Gasteiger partial charge in [-0.05, 0) is 24.2 Å². The lowest BCUT2D eigenvalue weighted by molar-refractivity contribution is -0.127. The van der Waals surface area contributed by atoms with Gasteiger partial charge in [0.05, 0.1) is 0 Å². The van der Waals surface area contributed by atoms with Gasteiger partial charge in [0.1, 0.15) is 0 Å². The third-order valence-electron chi connectivity index (χ3n) is 4.80. The molecule has 0 aromatic rings. The SMILES string of the molecule is CCCCCCCCCCCCNC(=O)C(CC(C)(C)C)C(C)C. The minimum atomic E-state index is 0.146. The number of carbonyl (C=O) groups excluding carboxylic acids is 1. The van der Waals surface area contributed by atoms with E-state index in [-0.39, 0.29) is 17.2 Å². The summed E-state index contributed by atoms with van der Waals surface area (Å²) in [6.45, 7) is 14.1. The van der Waals surface area contributed by atoms with Gasteiger partial charge in [-0.15, -0.1) is 0 Å². The Hall–Kier alpha value is -0.530. The van der Waals surface area contributed by atoms with Gasteiger partial charge >= 0.3 is 0 Å². The van der Waals surface area contributed by atoms with Gasteiger partial charge in [-0.3, -0.25) is 4.79 Å². The summed E-state index contributed by atoms with van der Waals surface area (Å²) in [5, 5.41) is 3.17. The van der Waals surface area contributed by atoms with Gasteiger partial charge in [0.15, 0.2) is 0 Å². The second-order valence-corrected chi connectivity index (χ2v) is 9.09. The molecule has 1 amide bonds. The molecule has 0 heterocycles. The zero-order valence-electron chi connectivity index (χ0n) is 17.5. The van der Waals surface area contributed by atoms with Crippen molar-refractivity contribution in [2.45, 2.75) is 112 Å². The van der Waals surface area contributed by atoms with E-state index in [4.69, 9.17) is 0 Å². The number of rotatable bonds is 14. The van der Waals surface area contributed by atoms with Crippen molar-refractivity contribution < 1.29 is 4.79 Å². The number of unbranched alkanes of at least 4 members (excludes halogenated alkanes) is 9. The standard InChI is InChI=1S/C22H45NO/c1-7-8-9-10-11-12-13-14-15-16-17-23-21(24)20(19(2)3)18-22(4,5)6/h19-20H,7-18H2,1-6H3,(H,23,24). The van der Waals surface area contributed by atoms with Gasteiger partial charge in [0.25, 0.3) is 0 Å². The summed E-state index contributed by atoms with van der Waals surface area (Å²) >= 11 is 0. The van der Waals surface area contributed by atoms with Crippen molar-refractivity contribution in [1.82, 2.24) is 5.32 Å². The first kappa shape index (κ1) is 23.5. The van der Waals surface area contributed by atoms with Gasteiger partial charge in [0.2, 0.25) is 5.91 Å². The van der Waals surface area contributed by atoms with Crippen LogP contribution in [-0.4, -0.2) is 12.5 Å². The molecule has 0 aromatic carbocycles. The van der Waals surface area contributed by atoms with Gasteiger partial charge in [-0.2, -0.15) is 0 Å². The Bertz CT molecular complexity index is 304. The molecule has 2 heteroatoms. The number of carbonyl (C=O) groups is 1. The molecule has 0 saturated heterocycles. The lowest BCUT2D eigenvalue weighted by Gasteiger charge is -2.28. The quantitative estimate of drug-likeness (QED) is 0.349. The molecule has 0 aliphatic rings. The summed E-state index contributed by atoms with van der Waals surface area (Å²) in [4.78, 5) is 12.4. The van der Waals surface area contributed by atoms with Gasteiger partial charge < -0.3 is 5.32 Å². The van der Waals surface area contributed by atoms with Crippen LogP contribution in [0.2, 0.25) is 0 Å². The molecule has 0 rings (SSSR count). The predicted octanol–water partition coefficient (Wildman–Crippen LogP) is 6.73. The summed E-state index contributed by atoms with van der Waals surface area (Å²) in [5.41, 5.74) is 0.212. The van der Waals surface area contributed by atoms with E-state index in [1.54, 1.807) is 0 Å². The predicted molar refractivity (Wildman–Crippen MR) is 107 cm³/mol. The first-order valence-electron chi connectivity index (χ1n) is 10.6. The van der Waals surface area contributed by atoms with Crippen LogP contribution in [0.1, 0.15) is 112 Å². The Kier molecular flexibility index (Phi) is 13.4. The molecule has 0 spiro atoms. The van der Waals surface area contributed by atoms with Crippen LogP contribution in [0, 0.1) is 17.3 Å². The molecule has 144 valence electrons. The lowest BCUT2D eigenvalue weighted by atomic mass is 9.79. The maximum Gasteiger partial charge on any atom is 0.223 e. The lowest BCUT2D eigenvalue weighted by Crippen LogP contribution is -2.36. The molecule has 1 N–H and O–H groups in total. The first-order chi connectivity index (χ1) is 11.3. The molecule has 24 heavy (non-hydrogen) atoms. The van der Waals surface area contributed by atoms with Crippen molar-refractivity contribution in [3.63, 3.8) is 0 Å². The highest BCUT2D eigenvalue weighted by Crippen LogP contribution is 2.29. The zero-order valence-corrected chi connectivity index (χ0v) is 17.5. The van der Waals surface area contributed by atoms with E-state index in [0.717, 1.165) is 19.4 Å². The van der Waals surface area contributed by atoms with E-state index in [9.17, 15) is 4.79 Å². The number of hydrogen-bond donors (Lipinski definition) is 1. The molecule has 0 bridgehead atoms. The van der Waals surface area contributed by atoms with E-state index < -0.39 is 0 Å². The minimum absolute atomic E-state index is 0.146. The van der Waals surface area contributed by atoms with Crippen molar-refractivity contribution >= 4 is 5.91 Å². The molecule has 2 nitrogen and oxygen atoms in total. The Labute approximate surface area is 152 Å². The van der Waals surface area contributed by atoms with Crippen LogP contribution in [0.5, 0.6) is 0 Å². The highest BCUT2D eigenvalue weighted by atomic mass is 16.1. The topological polar surface area (TPSA) is 29.1 Å². The third kappa shape index (κ3) is 13.9. The highest BCUT2D eigenvalue weighted by molar-refractivity contribution is 5.78. The molecule has 1 unspecified atom stereocenters. The second-order valence-electron chi connectivity index (χ2n) is 9.09. The van der Waals surface area contributed by atoms with Crippen molar-refractivity contribution in [2.24, 2.45) is 17.3 Å². The molecule has 0 radical (unpaired) electrons. The number of amides is 1. The smallest absolute Gasteiger partial charge is 0.223 e. The minimum Gasteiger partial charge on any atom is -0.356 e. The maximum absolute atomic E-state index is 12.4. The van der Waals surface area contributed by atoms with E-state index in [1.807, 2.05) is 0 Å². The Morgan fingerprint density at radius 1 is 0.833 bits per heavy atom. The van der Waals surface area contributed by atoms with E-state index >= 15 is 0 Å². The molecule has 1 atom stereocenters. The van der Waals surface area contributed by atoms with Crippen molar-refractivity contribution in [1.29, 1.82) is 0 Å². The van der Waals surface area contributed by atoms with Crippen LogP contribution in [0.15, 0.2) is 0 Å². The van der Waals surface area contributed by atoms with Crippen LogP contribution in [0.25, 0.3) is 0 Å². The van der Waals surface area contributed by atoms with Gasteiger partial charge in [-0.25, -0.2) is 0 Å². The third-order valence-corrected chi connectivity index (χ3v) is 4.80. The summed E-state index contributed by atoms with van der Waals surface area (Å²) in [6, 6.07) is 0. The van der Waals surface area contributed by atoms with Crippen molar-refractivity contribution in [3.8, 4) is 0 Å². The van der Waals surface area contributed by atoms with Crippen LogP contribution in [0.4, 0.5) is 0 Å². The van der Waals surface area contributed by atoms with Crippen LogP contribution in [0.3, 0.4) is 0 Å². The van der Waals surface area contributed by atoms with Crippen LogP contribution >= 0.6 is 0 Å². The van der Waals surface area contributed by atoms with Crippen molar-refractivity contribution in [3.05, 3.63) is 0 Å². The molecule has 0 fully saturated rings. The highest BCUT2D eigenvalue weighted by Gasteiger charge is 2.27. The molecular weight excluding hydrogens is 294 g/mol. The van der Waals surface area contributed by atoms with Gasteiger partial charge in [0, 0.05) is 12.5 Å². The normalized spacial score (nSPS) is 13.3. The molecule has 0 aliphatic carbocycles. The van der Waals surface area contributed by atoms with Gasteiger partial charge in [-0.1, -0.05) is 99.3 Å². The molecule has 0 saturated carbocycles. The van der Waals surface area contributed by atoms with Crippen LogP contribution in [-0.2, 0) is 4.79 Å². The second kappa shape index (κ2) is 13.7. The molecular formula is C22H45NO. The molecule has 0 aliphatic heterocycles. The fourth-order valence-corrected chi connectivity index (χ4v) is 3.25. The number of nitrogens with one attached hydrogen (secondary N) is 1. The summed E-state index contributed by atoms with van der Waals surface area (Å²) in [6.07, 6.45) is 14.4. The average Bonchev–Trinajstić information content (AvgIpc) is 2.49. The summed E-state index contributed by atoms with van der Waals surface area (Å²) < 4.78 is 0. The summed E-state index contributed by atoms with van der Waals surface area (Å²) in [5.74, 6) is 0.820. The summed E-state index contributed by atoms with van der Waals surface area (Å²) in [7, 11) is 0. The Morgan fingerprint density at radius 3 is 1.71 bits per heavy atom. The Morgan fingerprint density at radius 2 is 1.29 bits per heavy atom.